The van der Waals surface area contributed by atoms with E-state index in [2.05, 4.69) is 25.7 Å². The normalized spacial score (nSPS) is 16.8. The Morgan fingerprint density at radius 2 is 2.33 bits per heavy atom. The molecule has 8 heteroatoms. The molecule has 2 rings (SSSR count). The molecule has 1 aromatic heterocycles. The first-order valence-electron chi connectivity index (χ1n) is 5.63. The number of nitrogens with zero attached hydrogens (tertiary/aromatic N) is 3. The van der Waals surface area contributed by atoms with E-state index in [4.69, 9.17) is 0 Å². The molecule has 0 saturated carbocycles. The third-order valence-corrected chi connectivity index (χ3v) is 2.78. The van der Waals surface area contributed by atoms with Crippen molar-refractivity contribution in [2.75, 3.05) is 20.2 Å². The molecule has 1 saturated heterocycles. The number of rotatable bonds is 4. The lowest BCUT2D eigenvalue weighted by Crippen LogP contribution is -2.43. The van der Waals surface area contributed by atoms with E-state index in [-0.39, 0.29) is 11.7 Å². The van der Waals surface area contributed by atoms with Crippen molar-refractivity contribution in [1.29, 1.82) is 0 Å². The molecule has 0 bridgehead atoms. The number of aromatic nitrogens is 3. The smallest absolute Gasteiger partial charge is 0.328 e. The van der Waals surface area contributed by atoms with E-state index in [1.165, 1.54) is 7.11 Å². The molecule has 0 radical (unpaired) electrons. The molecule has 1 aromatic rings. The third-order valence-electron chi connectivity index (χ3n) is 2.78. The lowest BCUT2D eigenvalue weighted by Gasteiger charge is -2.26. The van der Waals surface area contributed by atoms with Gasteiger partial charge in [-0.25, -0.2) is 9.48 Å². The van der Waals surface area contributed by atoms with E-state index in [1.807, 2.05) is 0 Å². The van der Waals surface area contributed by atoms with Gasteiger partial charge in [-0.3, -0.25) is 4.79 Å². The number of carbonyl (C=O) groups is 2. The maximum atomic E-state index is 11.8. The van der Waals surface area contributed by atoms with Gasteiger partial charge < -0.3 is 15.4 Å². The van der Waals surface area contributed by atoms with Crippen LogP contribution in [0.1, 0.15) is 23.5 Å². The summed E-state index contributed by atoms with van der Waals surface area (Å²) >= 11 is 0. The molecule has 0 aromatic carbocycles. The number of hydrogen-bond donors (Lipinski definition) is 2. The summed E-state index contributed by atoms with van der Waals surface area (Å²) in [5.74, 6) is -0.939. The van der Waals surface area contributed by atoms with E-state index in [9.17, 15) is 9.59 Å². The Bertz CT molecular complexity index is 454. The lowest BCUT2D eigenvalue weighted by molar-refractivity contribution is -0.142. The predicted octanol–water partition coefficient (Wildman–Crippen LogP) is -1.29. The standard InChI is InChI=1S/C10H15N5O3/c1-6(10(17)18-2)12-9(16)8-5-15(14-13-8)7-3-11-4-7/h5-7,11H,3-4H2,1-2H3,(H,12,16). The summed E-state index contributed by atoms with van der Waals surface area (Å²) < 4.78 is 6.16. The van der Waals surface area contributed by atoms with Gasteiger partial charge in [0.2, 0.25) is 0 Å². The summed E-state index contributed by atoms with van der Waals surface area (Å²) in [6.07, 6.45) is 1.57. The second-order valence-electron chi connectivity index (χ2n) is 4.11. The highest BCUT2D eigenvalue weighted by molar-refractivity contribution is 5.94. The second-order valence-corrected chi connectivity index (χ2v) is 4.11. The van der Waals surface area contributed by atoms with Crippen LogP contribution in [0.25, 0.3) is 0 Å². The van der Waals surface area contributed by atoms with E-state index >= 15 is 0 Å². The quantitative estimate of drug-likeness (QED) is 0.648. The zero-order valence-electron chi connectivity index (χ0n) is 10.2. The molecule has 2 heterocycles. The molecule has 1 aliphatic rings. The highest BCUT2D eigenvalue weighted by Crippen LogP contribution is 2.09. The van der Waals surface area contributed by atoms with Gasteiger partial charge in [0.1, 0.15) is 6.04 Å². The summed E-state index contributed by atoms with van der Waals surface area (Å²) in [6, 6.07) is -0.463. The van der Waals surface area contributed by atoms with Crippen LogP contribution in [0.15, 0.2) is 6.20 Å². The lowest BCUT2D eigenvalue weighted by atomic mass is 10.2. The molecule has 98 valence electrons. The van der Waals surface area contributed by atoms with Crippen LogP contribution in [0.5, 0.6) is 0 Å². The number of ether oxygens (including phenoxy) is 1. The van der Waals surface area contributed by atoms with E-state index in [1.54, 1.807) is 17.8 Å². The SMILES string of the molecule is COC(=O)C(C)NC(=O)c1cn(C2CNC2)nn1. The number of amides is 1. The first-order valence-corrected chi connectivity index (χ1v) is 5.63. The maximum absolute atomic E-state index is 11.8. The van der Waals surface area contributed by atoms with Gasteiger partial charge in [-0.1, -0.05) is 5.21 Å². The molecule has 1 unspecified atom stereocenters. The Balaban J connectivity index is 1.96. The van der Waals surface area contributed by atoms with E-state index in [0.717, 1.165) is 13.1 Å². The molecular formula is C10H15N5O3. The van der Waals surface area contributed by atoms with Gasteiger partial charge in [-0.2, -0.15) is 0 Å². The average Bonchev–Trinajstić information content (AvgIpc) is 2.74. The fourth-order valence-electron chi connectivity index (χ4n) is 1.53. The highest BCUT2D eigenvalue weighted by Gasteiger charge is 2.23. The summed E-state index contributed by atoms with van der Waals surface area (Å²) in [4.78, 5) is 22.9. The molecule has 1 amide bonds. The van der Waals surface area contributed by atoms with Crippen molar-refractivity contribution in [3.05, 3.63) is 11.9 Å². The molecule has 1 aliphatic heterocycles. The van der Waals surface area contributed by atoms with Crippen LogP contribution in [-0.2, 0) is 9.53 Å². The van der Waals surface area contributed by atoms with Gasteiger partial charge in [0, 0.05) is 13.1 Å². The van der Waals surface area contributed by atoms with Crippen LogP contribution in [0.4, 0.5) is 0 Å². The highest BCUT2D eigenvalue weighted by atomic mass is 16.5. The van der Waals surface area contributed by atoms with Gasteiger partial charge in [0.25, 0.3) is 5.91 Å². The second kappa shape index (κ2) is 5.13. The van der Waals surface area contributed by atoms with Gasteiger partial charge in [-0.15, -0.1) is 5.10 Å². The average molecular weight is 253 g/mol. The zero-order valence-corrected chi connectivity index (χ0v) is 10.2. The molecule has 1 atom stereocenters. The predicted molar refractivity (Wildman–Crippen MR) is 60.9 cm³/mol. The van der Waals surface area contributed by atoms with Crippen molar-refractivity contribution in [3.63, 3.8) is 0 Å². The Morgan fingerprint density at radius 3 is 2.89 bits per heavy atom. The van der Waals surface area contributed by atoms with Crippen molar-refractivity contribution in [2.24, 2.45) is 0 Å². The zero-order chi connectivity index (χ0) is 13.1. The van der Waals surface area contributed by atoms with Crippen molar-refractivity contribution >= 4 is 11.9 Å². The number of carbonyl (C=O) groups excluding carboxylic acids is 2. The third kappa shape index (κ3) is 2.48. The number of hydrogen-bond acceptors (Lipinski definition) is 6. The summed E-state index contributed by atoms with van der Waals surface area (Å²) in [5.41, 5.74) is 0.192. The van der Waals surface area contributed by atoms with Gasteiger partial charge in [0.05, 0.1) is 19.3 Å². The van der Waals surface area contributed by atoms with Gasteiger partial charge >= 0.3 is 5.97 Å². The fourth-order valence-corrected chi connectivity index (χ4v) is 1.53. The number of esters is 1. The topological polar surface area (TPSA) is 98.1 Å². The van der Waals surface area contributed by atoms with Crippen molar-refractivity contribution < 1.29 is 14.3 Å². The van der Waals surface area contributed by atoms with Crippen LogP contribution < -0.4 is 10.6 Å². The van der Waals surface area contributed by atoms with Crippen LogP contribution in [0, 0.1) is 0 Å². The van der Waals surface area contributed by atoms with Crippen molar-refractivity contribution in [2.45, 2.75) is 19.0 Å². The van der Waals surface area contributed by atoms with E-state index < -0.39 is 17.9 Å². The molecule has 0 aliphatic carbocycles. The van der Waals surface area contributed by atoms with Crippen LogP contribution in [0.2, 0.25) is 0 Å². The van der Waals surface area contributed by atoms with Crippen LogP contribution in [0.3, 0.4) is 0 Å². The first-order chi connectivity index (χ1) is 8.61. The monoisotopic (exact) mass is 253 g/mol. The Morgan fingerprint density at radius 1 is 1.61 bits per heavy atom. The summed E-state index contributed by atoms with van der Waals surface area (Å²) in [6.45, 7) is 3.19. The van der Waals surface area contributed by atoms with Crippen molar-refractivity contribution in [1.82, 2.24) is 25.6 Å². The van der Waals surface area contributed by atoms with Crippen LogP contribution in [-0.4, -0.2) is 53.1 Å². The van der Waals surface area contributed by atoms with Crippen LogP contribution >= 0.6 is 0 Å². The molecule has 18 heavy (non-hydrogen) atoms. The largest absolute Gasteiger partial charge is 0.467 e. The fraction of sp³-hybridized carbons (Fsp3) is 0.600. The molecule has 8 nitrogen and oxygen atoms in total. The minimum atomic E-state index is -0.710. The summed E-state index contributed by atoms with van der Waals surface area (Å²) in [7, 11) is 1.27. The first kappa shape index (κ1) is 12.5. The Hall–Kier alpha value is -1.96. The van der Waals surface area contributed by atoms with E-state index in [0.29, 0.717) is 0 Å². The Labute approximate surface area is 104 Å². The molecule has 2 N–H and O–H groups in total. The number of nitrogens with one attached hydrogen (secondary N) is 2. The molecule has 1 fully saturated rings. The van der Waals surface area contributed by atoms with Gasteiger partial charge in [0.15, 0.2) is 5.69 Å². The number of methoxy groups -OCH3 is 1. The maximum Gasteiger partial charge on any atom is 0.328 e. The van der Waals surface area contributed by atoms with Crippen molar-refractivity contribution in [3.8, 4) is 0 Å². The molecular weight excluding hydrogens is 238 g/mol. The molecule has 0 spiro atoms. The minimum absolute atomic E-state index is 0.192. The minimum Gasteiger partial charge on any atom is -0.467 e. The van der Waals surface area contributed by atoms with Gasteiger partial charge in [-0.05, 0) is 6.92 Å². The Kier molecular flexibility index (Phi) is 3.56. The summed E-state index contributed by atoms with van der Waals surface area (Å²) in [5, 5.41) is 13.3.